The quantitative estimate of drug-likeness (QED) is 0.176. The largest absolute Gasteiger partial charge is 0.454 e. The van der Waals surface area contributed by atoms with Gasteiger partial charge in [-0.25, -0.2) is 0 Å². The number of benzene rings is 4. The lowest BCUT2D eigenvalue weighted by Gasteiger charge is -2.31. The summed E-state index contributed by atoms with van der Waals surface area (Å²) < 4.78 is 9.20. The Labute approximate surface area is 334 Å². The van der Waals surface area contributed by atoms with E-state index in [1.54, 1.807) is 0 Å². The summed E-state index contributed by atoms with van der Waals surface area (Å²) in [6, 6.07) is 34.0. The number of fused-ring (bicyclic) bond motifs is 9. The number of aryl methyl sites for hydroxylation is 1. The van der Waals surface area contributed by atoms with Gasteiger partial charge in [0.1, 0.15) is 5.76 Å². The Balaban J connectivity index is 0.951. The van der Waals surface area contributed by atoms with Crippen molar-refractivity contribution in [1.29, 1.82) is 0 Å². The van der Waals surface area contributed by atoms with Crippen molar-refractivity contribution in [3.05, 3.63) is 189 Å². The van der Waals surface area contributed by atoms with Crippen LogP contribution in [-0.4, -0.2) is 10.6 Å². The Bertz CT molecular complexity index is 2960. The molecule has 0 fully saturated rings. The SMILES string of the molecule is C1=CC(c2cc(-c3ccccc3)cc(-n3c4c(c5c3=CCC(C3=CC6c7ccccc7N(c7cccc8c9c(oc78)C=CCC9)C6C=C3)C=5)CCC=C4)c2)=CCC1. The second-order valence-electron chi connectivity index (χ2n) is 16.4. The number of para-hydroxylation sites is 2. The van der Waals surface area contributed by atoms with E-state index in [-0.39, 0.29) is 12.0 Å². The second kappa shape index (κ2) is 13.1. The van der Waals surface area contributed by atoms with Gasteiger partial charge in [0.2, 0.25) is 0 Å². The van der Waals surface area contributed by atoms with Crippen LogP contribution < -0.4 is 15.5 Å². The summed E-state index contributed by atoms with van der Waals surface area (Å²) in [6.45, 7) is 0. The number of anilines is 2. The highest BCUT2D eigenvalue weighted by Gasteiger charge is 2.40. The van der Waals surface area contributed by atoms with E-state index in [0.29, 0.717) is 5.92 Å². The number of hydrogen-bond acceptors (Lipinski definition) is 2. The fraction of sp³-hybridized carbons (Fsp3) is 0.185. The lowest BCUT2D eigenvalue weighted by molar-refractivity contribution is 0.593. The first kappa shape index (κ1) is 32.9. The third kappa shape index (κ3) is 5.25. The molecule has 3 atom stereocenters. The Hall–Kier alpha value is -6.32. The highest BCUT2D eigenvalue weighted by atomic mass is 16.3. The number of furan rings is 1. The first-order valence-electron chi connectivity index (χ1n) is 21.0. The van der Waals surface area contributed by atoms with Gasteiger partial charge in [0.05, 0.1) is 11.7 Å². The molecule has 1 aliphatic heterocycles. The molecule has 3 nitrogen and oxygen atoms in total. The molecule has 276 valence electrons. The zero-order chi connectivity index (χ0) is 37.5. The molecule has 6 aromatic rings. The summed E-state index contributed by atoms with van der Waals surface area (Å²) in [5.74, 6) is 1.60. The van der Waals surface area contributed by atoms with E-state index in [1.807, 2.05) is 0 Å². The molecule has 6 aliphatic rings. The molecule has 0 radical (unpaired) electrons. The number of hydrogen-bond donors (Lipinski definition) is 0. The molecule has 0 amide bonds. The molecule has 12 rings (SSSR count). The van der Waals surface area contributed by atoms with Crippen LogP contribution in [0.4, 0.5) is 11.4 Å². The molecule has 5 aliphatic carbocycles. The second-order valence-corrected chi connectivity index (χ2v) is 16.4. The molecule has 0 spiro atoms. The summed E-state index contributed by atoms with van der Waals surface area (Å²) in [5.41, 5.74) is 16.8. The number of nitrogens with zero attached hydrogens (tertiary/aromatic N) is 2. The van der Waals surface area contributed by atoms with Crippen LogP contribution >= 0.6 is 0 Å². The van der Waals surface area contributed by atoms with Crippen LogP contribution in [0.5, 0.6) is 0 Å². The van der Waals surface area contributed by atoms with E-state index in [1.165, 1.54) is 77.5 Å². The number of allylic oxidation sites excluding steroid dienone is 8. The fourth-order valence-corrected chi connectivity index (χ4v) is 10.5. The molecule has 0 saturated carbocycles. The van der Waals surface area contributed by atoms with Gasteiger partial charge >= 0.3 is 0 Å². The minimum Gasteiger partial charge on any atom is -0.454 e. The maximum atomic E-state index is 6.63. The maximum Gasteiger partial charge on any atom is 0.158 e. The lowest BCUT2D eigenvalue weighted by Crippen LogP contribution is -2.34. The van der Waals surface area contributed by atoms with Crippen LogP contribution in [0, 0.1) is 5.92 Å². The van der Waals surface area contributed by atoms with Crippen molar-refractivity contribution in [2.24, 2.45) is 5.92 Å². The highest BCUT2D eigenvalue weighted by Crippen LogP contribution is 2.51. The Morgan fingerprint density at radius 2 is 1.46 bits per heavy atom. The number of aromatic nitrogens is 1. The van der Waals surface area contributed by atoms with Crippen LogP contribution in [0.15, 0.2) is 150 Å². The first-order valence-corrected chi connectivity index (χ1v) is 21.0. The van der Waals surface area contributed by atoms with Gasteiger partial charge < -0.3 is 13.9 Å². The number of rotatable bonds is 5. The molecule has 0 N–H and O–H groups in total. The van der Waals surface area contributed by atoms with Crippen molar-refractivity contribution in [3.8, 4) is 16.8 Å². The minimum atomic E-state index is 0.191. The first-order chi connectivity index (χ1) is 28.3. The fourth-order valence-electron chi connectivity index (χ4n) is 10.5. The normalized spacial score (nSPS) is 21.2. The third-order valence-corrected chi connectivity index (χ3v) is 13.2. The molecule has 0 saturated heterocycles. The summed E-state index contributed by atoms with van der Waals surface area (Å²) in [7, 11) is 0. The van der Waals surface area contributed by atoms with E-state index in [2.05, 4.69) is 173 Å². The van der Waals surface area contributed by atoms with Crippen LogP contribution in [0.3, 0.4) is 0 Å². The summed E-state index contributed by atoms with van der Waals surface area (Å²) in [4.78, 5) is 2.54. The van der Waals surface area contributed by atoms with E-state index in [0.717, 1.165) is 62.0 Å². The molecule has 3 heterocycles. The van der Waals surface area contributed by atoms with Crippen LogP contribution in [0.2, 0.25) is 0 Å². The maximum absolute atomic E-state index is 6.63. The lowest BCUT2D eigenvalue weighted by atomic mass is 9.81. The van der Waals surface area contributed by atoms with Gasteiger partial charge in [-0.1, -0.05) is 121 Å². The van der Waals surface area contributed by atoms with Gasteiger partial charge in [-0.15, -0.1) is 0 Å². The van der Waals surface area contributed by atoms with Crippen LogP contribution in [0.1, 0.15) is 71.7 Å². The van der Waals surface area contributed by atoms with Gasteiger partial charge in [0.25, 0.3) is 0 Å². The minimum absolute atomic E-state index is 0.191. The summed E-state index contributed by atoms with van der Waals surface area (Å²) in [5, 5.41) is 4.01. The van der Waals surface area contributed by atoms with Crippen LogP contribution in [-0.2, 0) is 12.8 Å². The molecule has 3 unspecified atom stereocenters. The van der Waals surface area contributed by atoms with Gasteiger partial charge in [0.15, 0.2) is 5.58 Å². The highest BCUT2D eigenvalue weighted by molar-refractivity contribution is 5.97. The van der Waals surface area contributed by atoms with E-state index < -0.39 is 0 Å². The van der Waals surface area contributed by atoms with Gasteiger partial charge in [-0.3, -0.25) is 0 Å². The molecule has 0 bridgehead atoms. The molecular weight excluding hydrogens is 693 g/mol. The monoisotopic (exact) mass is 736 g/mol. The van der Waals surface area contributed by atoms with E-state index in [4.69, 9.17) is 4.42 Å². The van der Waals surface area contributed by atoms with Gasteiger partial charge in [-0.05, 0) is 126 Å². The Morgan fingerprint density at radius 1 is 0.632 bits per heavy atom. The third-order valence-electron chi connectivity index (χ3n) is 13.2. The molecular formula is C54H44N2O. The van der Waals surface area contributed by atoms with E-state index >= 15 is 0 Å². The molecule has 3 heteroatoms. The predicted octanol–water partition coefficient (Wildman–Crippen LogP) is 11.9. The van der Waals surface area contributed by atoms with Crippen LogP contribution in [0.25, 0.3) is 57.7 Å². The van der Waals surface area contributed by atoms with Gasteiger partial charge in [0, 0.05) is 50.4 Å². The summed E-state index contributed by atoms with van der Waals surface area (Å²) in [6.07, 6.45) is 36.2. The topological polar surface area (TPSA) is 21.3 Å². The predicted molar refractivity (Wildman–Crippen MR) is 237 cm³/mol. The Kier molecular flexibility index (Phi) is 7.58. The Morgan fingerprint density at radius 3 is 2.37 bits per heavy atom. The van der Waals surface area contributed by atoms with Crippen molar-refractivity contribution in [1.82, 2.24) is 4.57 Å². The summed E-state index contributed by atoms with van der Waals surface area (Å²) >= 11 is 0. The van der Waals surface area contributed by atoms with Crippen molar-refractivity contribution in [3.63, 3.8) is 0 Å². The van der Waals surface area contributed by atoms with Crippen molar-refractivity contribution in [2.75, 3.05) is 4.90 Å². The average Bonchev–Trinajstić information content (AvgIpc) is 3.94. The zero-order valence-corrected chi connectivity index (χ0v) is 32.1. The molecule has 57 heavy (non-hydrogen) atoms. The van der Waals surface area contributed by atoms with Crippen molar-refractivity contribution < 1.29 is 4.42 Å². The average molecular weight is 737 g/mol. The smallest absolute Gasteiger partial charge is 0.158 e. The molecule has 4 aromatic carbocycles. The molecule has 2 aromatic heterocycles. The zero-order valence-electron chi connectivity index (χ0n) is 32.1. The standard InChI is InChI=1S/C54H44N2O/c1-3-14-35(15-4-1)39-30-40(36-16-5-2-6-17-36)32-41(31-39)55-48-22-10-7-18-42(48)46-33-37(26-28-50(46)55)38-27-29-51-47(34-38)43-19-8-11-23-49(43)56(51)52-24-13-21-45-44-20-9-12-25-53(44)57-54(45)52/h1,3-5,8,10-17,19,21-25,27-34,37,47,51H,2,6-7,9,18,20,26H2. The van der Waals surface area contributed by atoms with E-state index in [9.17, 15) is 0 Å². The van der Waals surface area contributed by atoms with Crippen molar-refractivity contribution in [2.45, 2.75) is 56.9 Å². The van der Waals surface area contributed by atoms with Gasteiger partial charge in [-0.2, -0.15) is 0 Å². The van der Waals surface area contributed by atoms with Crippen molar-refractivity contribution >= 4 is 52.2 Å².